The number of amides is 1. The molecule has 0 radical (unpaired) electrons. The van der Waals surface area contributed by atoms with Crippen LogP contribution in [0, 0.1) is 0 Å². The van der Waals surface area contributed by atoms with Crippen molar-refractivity contribution in [2.75, 3.05) is 54.1 Å². The predicted molar refractivity (Wildman–Crippen MR) is 66.0 cm³/mol. The van der Waals surface area contributed by atoms with Gasteiger partial charge in [-0.1, -0.05) is 0 Å². The molecule has 1 amide bonds. The number of methoxy groups -OCH3 is 1. The van der Waals surface area contributed by atoms with Crippen molar-refractivity contribution >= 4 is 5.91 Å². The van der Waals surface area contributed by atoms with Crippen LogP contribution in [0.25, 0.3) is 0 Å². The molecule has 5 heteroatoms. The summed E-state index contributed by atoms with van der Waals surface area (Å²) in [5.74, 6) is 0.102. The van der Waals surface area contributed by atoms with Gasteiger partial charge in [0.2, 0.25) is 5.91 Å². The SMILES string of the molecule is COCCOCC(=O)N1CCCC1CN(C)C. The van der Waals surface area contributed by atoms with Crippen LogP contribution in [0.3, 0.4) is 0 Å². The molecular formula is C12H24N2O3. The molecule has 0 spiro atoms. The van der Waals surface area contributed by atoms with Crippen molar-refractivity contribution < 1.29 is 14.3 Å². The average Bonchev–Trinajstić information content (AvgIpc) is 2.71. The molecule has 0 aromatic carbocycles. The van der Waals surface area contributed by atoms with Crippen LogP contribution in [-0.4, -0.2) is 75.9 Å². The fraction of sp³-hybridized carbons (Fsp3) is 0.917. The lowest BCUT2D eigenvalue weighted by Crippen LogP contribution is -2.43. The Balaban J connectivity index is 2.29. The highest BCUT2D eigenvalue weighted by molar-refractivity contribution is 5.78. The van der Waals surface area contributed by atoms with E-state index >= 15 is 0 Å². The van der Waals surface area contributed by atoms with Crippen LogP contribution in [0.15, 0.2) is 0 Å². The summed E-state index contributed by atoms with van der Waals surface area (Å²) in [4.78, 5) is 16.0. The van der Waals surface area contributed by atoms with E-state index in [2.05, 4.69) is 4.90 Å². The lowest BCUT2D eigenvalue weighted by atomic mass is 10.2. The Morgan fingerprint density at radius 2 is 2.18 bits per heavy atom. The van der Waals surface area contributed by atoms with Crippen molar-refractivity contribution in [1.82, 2.24) is 9.80 Å². The third-order valence-corrected chi connectivity index (χ3v) is 2.93. The Morgan fingerprint density at radius 3 is 2.82 bits per heavy atom. The van der Waals surface area contributed by atoms with Crippen molar-refractivity contribution in [3.8, 4) is 0 Å². The largest absolute Gasteiger partial charge is 0.382 e. The van der Waals surface area contributed by atoms with Crippen molar-refractivity contribution in [3.63, 3.8) is 0 Å². The topological polar surface area (TPSA) is 42.0 Å². The van der Waals surface area contributed by atoms with E-state index < -0.39 is 0 Å². The third-order valence-electron chi connectivity index (χ3n) is 2.93. The number of rotatable bonds is 7. The van der Waals surface area contributed by atoms with Crippen molar-refractivity contribution in [1.29, 1.82) is 0 Å². The van der Waals surface area contributed by atoms with Gasteiger partial charge in [0.05, 0.1) is 13.2 Å². The Labute approximate surface area is 104 Å². The zero-order valence-electron chi connectivity index (χ0n) is 11.1. The molecule has 0 bridgehead atoms. The number of hydrogen-bond acceptors (Lipinski definition) is 4. The smallest absolute Gasteiger partial charge is 0.248 e. The maximum Gasteiger partial charge on any atom is 0.248 e. The van der Waals surface area contributed by atoms with Crippen molar-refractivity contribution in [3.05, 3.63) is 0 Å². The number of likely N-dealkylation sites (tertiary alicyclic amines) is 1. The lowest BCUT2D eigenvalue weighted by Gasteiger charge is -2.27. The molecule has 1 saturated heterocycles. The highest BCUT2D eigenvalue weighted by Crippen LogP contribution is 2.17. The summed E-state index contributed by atoms with van der Waals surface area (Å²) in [6.07, 6.45) is 2.20. The first-order valence-electron chi connectivity index (χ1n) is 6.16. The lowest BCUT2D eigenvalue weighted by molar-refractivity contribution is -0.137. The van der Waals surface area contributed by atoms with E-state index in [1.54, 1.807) is 7.11 Å². The highest BCUT2D eigenvalue weighted by Gasteiger charge is 2.28. The predicted octanol–water partition coefficient (Wildman–Crippen LogP) is 0.202. The second kappa shape index (κ2) is 7.63. The molecule has 0 aliphatic carbocycles. The molecule has 0 saturated carbocycles. The Bertz CT molecular complexity index is 234. The van der Waals surface area contributed by atoms with Gasteiger partial charge >= 0.3 is 0 Å². The van der Waals surface area contributed by atoms with Gasteiger partial charge in [0.15, 0.2) is 0 Å². The molecule has 1 aliphatic rings. The zero-order valence-corrected chi connectivity index (χ0v) is 11.1. The summed E-state index contributed by atoms with van der Waals surface area (Å²) in [5, 5.41) is 0. The van der Waals surface area contributed by atoms with Gasteiger partial charge in [0.1, 0.15) is 6.61 Å². The molecule has 0 N–H and O–H groups in total. The summed E-state index contributed by atoms with van der Waals surface area (Å²) in [7, 11) is 5.70. The van der Waals surface area contributed by atoms with Crippen LogP contribution in [0.1, 0.15) is 12.8 Å². The third kappa shape index (κ3) is 5.02. The Morgan fingerprint density at radius 1 is 1.41 bits per heavy atom. The van der Waals surface area contributed by atoms with Gasteiger partial charge in [-0.3, -0.25) is 4.79 Å². The molecule has 100 valence electrons. The second-order valence-corrected chi connectivity index (χ2v) is 4.69. The van der Waals surface area contributed by atoms with E-state index in [1.165, 1.54) is 0 Å². The van der Waals surface area contributed by atoms with Gasteiger partial charge < -0.3 is 19.3 Å². The fourth-order valence-electron chi connectivity index (χ4n) is 2.16. The minimum Gasteiger partial charge on any atom is -0.382 e. The Kier molecular flexibility index (Phi) is 6.47. The standard InChI is InChI=1S/C12H24N2O3/c1-13(2)9-11-5-4-6-14(11)12(15)10-17-8-7-16-3/h11H,4-10H2,1-3H3. The second-order valence-electron chi connectivity index (χ2n) is 4.69. The van der Waals surface area contributed by atoms with Crippen LogP contribution in [0.5, 0.6) is 0 Å². The summed E-state index contributed by atoms with van der Waals surface area (Å²) in [6, 6.07) is 0.350. The summed E-state index contributed by atoms with van der Waals surface area (Å²) in [5.41, 5.74) is 0. The number of carbonyl (C=O) groups excluding carboxylic acids is 1. The first-order valence-corrected chi connectivity index (χ1v) is 6.16. The van der Waals surface area contributed by atoms with E-state index in [1.807, 2.05) is 19.0 Å². The minimum absolute atomic E-state index is 0.102. The quantitative estimate of drug-likeness (QED) is 0.600. The first kappa shape index (κ1) is 14.4. The minimum atomic E-state index is 0.102. The molecule has 1 atom stereocenters. The molecule has 5 nitrogen and oxygen atoms in total. The van der Waals surface area contributed by atoms with Gasteiger partial charge in [-0.2, -0.15) is 0 Å². The van der Waals surface area contributed by atoms with Crippen LogP contribution >= 0.6 is 0 Å². The molecular weight excluding hydrogens is 220 g/mol. The van der Waals surface area contributed by atoms with Crippen LogP contribution in [0.2, 0.25) is 0 Å². The molecule has 1 heterocycles. The highest BCUT2D eigenvalue weighted by atomic mass is 16.5. The number of likely N-dealkylation sites (N-methyl/N-ethyl adjacent to an activating group) is 1. The molecule has 0 aromatic rings. The van der Waals surface area contributed by atoms with Gasteiger partial charge in [-0.15, -0.1) is 0 Å². The van der Waals surface area contributed by atoms with Crippen molar-refractivity contribution in [2.24, 2.45) is 0 Å². The monoisotopic (exact) mass is 244 g/mol. The molecule has 1 aliphatic heterocycles. The number of ether oxygens (including phenoxy) is 2. The summed E-state index contributed by atoms with van der Waals surface area (Å²) >= 11 is 0. The van der Waals surface area contributed by atoms with Crippen LogP contribution in [-0.2, 0) is 14.3 Å². The molecule has 1 unspecified atom stereocenters. The maximum atomic E-state index is 11.9. The number of hydrogen-bond donors (Lipinski definition) is 0. The van der Waals surface area contributed by atoms with E-state index in [0.717, 1.165) is 25.9 Å². The Hall–Kier alpha value is -0.650. The van der Waals surface area contributed by atoms with E-state index in [9.17, 15) is 4.79 Å². The molecule has 0 aromatic heterocycles. The van der Waals surface area contributed by atoms with Gasteiger partial charge in [-0.25, -0.2) is 0 Å². The van der Waals surface area contributed by atoms with Gasteiger partial charge in [-0.05, 0) is 26.9 Å². The fourth-order valence-corrected chi connectivity index (χ4v) is 2.16. The zero-order chi connectivity index (χ0) is 12.7. The van der Waals surface area contributed by atoms with Crippen LogP contribution in [0.4, 0.5) is 0 Å². The summed E-state index contributed by atoms with van der Waals surface area (Å²) in [6.45, 7) is 2.99. The normalized spacial score (nSPS) is 20.2. The molecule has 1 rings (SSSR count). The first-order chi connectivity index (χ1) is 8.15. The van der Waals surface area contributed by atoms with Crippen molar-refractivity contribution in [2.45, 2.75) is 18.9 Å². The van der Waals surface area contributed by atoms with Gasteiger partial charge in [0, 0.05) is 26.2 Å². The average molecular weight is 244 g/mol. The number of nitrogens with zero attached hydrogens (tertiary/aromatic N) is 2. The van der Waals surface area contributed by atoms with E-state index in [-0.39, 0.29) is 12.5 Å². The number of carbonyl (C=O) groups is 1. The van der Waals surface area contributed by atoms with E-state index in [0.29, 0.717) is 19.3 Å². The maximum absolute atomic E-state index is 11.9. The molecule has 17 heavy (non-hydrogen) atoms. The molecule has 1 fully saturated rings. The van der Waals surface area contributed by atoms with Crippen LogP contribution < -0.4 is 0 Å². The van der Waals surface area contributed by atoms with Gasteiger partial charge in [0.25, 0.3) is 0 Å². The summed E-state index contributed by atoms with van der Waals surface area (Å²) < 4.78 is 10.1. The van der Waals surface area contributed by atoms with E-state index in [4.69, 9.17) is 9.47 Å².